The van der Waals surface area contributed by atoms with Crippen molar-refractivity contribution in [1.29, 1.82) is 0 Å². The van der Waals surface area contributed by atoms with Crippen molar-refractivity contribution < 1.29 is 12.8 Å². The van der Waals surface area contributed by atoms with Crippen LogP contribution in [0, 0.1) is 12.7 Å². The van der Waals surface area contributed by atoms with Gasteiger partial charge in [0.1, 0.15) is 5.82 Å². The Morgan fingerprint density at radius 2 is 1.80 bits per heavy atom. The van der Waals surface area contributed by atoms with Gasteiger partial charge >= 0.3 is 0 Å². The Hall–Kier alpha value is -1.92. The second kappa shape index (κ2) is 5.60. The smallest absolute Gasteiger partial charge is 0.261 e. The Balaban J connectivity index is 2.35. The van der Waals surface area contributed by atoms with E-state index in [1.165, 1.54) is 24.3 Å². The number of nitrogens with two attached hydrogens (primary N) is 1. The van der Waals surface area contributed by atoms with Crippen LogP contribution in [0.2, 0.25) is 0 Å². The summed E-state index contributed by atoms with van der Waals surface area (Å²) in [5.41, 5.74) is 6.77. The van der Waals surface area contributed by atoms with Crippen molar-refractivity contribution in [2.75, 3.05) is 4.72 Å². The van der Waals surface area contributed by atoms with Crippen LogP contribution in [0.15, 0.2) is 47.4 Å². The minimum absolute atomic E-state index is 0.0320. The SMILES string of the molecule is Cc1cccc(F)c1NS(=O)(=O)c1ccc(CN)cc1. The van der Waals surface area contributed by atoms with Gasteiger partial charge in [-0.05, 0) is 36.2 Å². The van der Waals surface area contributed by atoms with Crippen molar-refractivity contribution in [3.05, 3.63) is 59.4 Å². The summed E-state index contributed by atoms with van der Waals surface area (Å²) in [6.45, 7) is 1.97. The van der Waals surface area contributed by atoms with Gasteiger partial charge in [-0.2, -0.15) is 0 Å². The monoisotopic (exact) mass is 294 g/mol. The van der Waals surface area contributed by atoms with E-state index >= 15 is 0 Å². The maximum absolute atomic E-state index is 13.7. The van der Waals surface area contributed by atoms with E-state index in [1.54, 1.807) is 25.1 Å². The van der Waals surface area contributed by atoms with Crippen LogP contribution < -0.4 is 10.5 Å². The van der Waals surface area contributed by atoms with Gasteiger partial charge in [-0.15, -0.1) is 0 Å². The van der Waals surface area contributed by atoms with Gasteiger partial charge in [0.15, 0.2) is 0 Å². The maximum atomic E-state index is 13.7. The zero-order valence-corrected chi connectivity index (χ0v) is 11.7. The van der Waals surface area contributed by atoms with E-state index in [9.17, 15) is 12.8 Å². The maximum Gasteiger partial charge on any atom is 0.261 e. The molecule has 6 heteroatoms. The standard InChI is InChI=1S/C14H15FN2O2S/c1-10-3-2-4-13(15)14(10)17-20(18,19)12-7-5-11(9-16)6-8-12/h2-8,17H,9,16H2,1H3. The highest BCUT2D eigenvalue weighted by Gasteiger charge is 2.17. The van der Waals surface area contributed by atoms with E-state index in [0.717, 1.165) is 5.56 Å². The second-order valence-corrected chi connectivity index (χ2v) is 6.07. The van der Waals surface area contributed by atoms with Gasteiger partial charge in [0.25, 0.3) is 10.0 Å². The summed E-state index contributed by atoms with van der Waals surface area (Å²) < 4.78 is 40.3. The molecule has 106 valence electrons. The first-order valence-corrected chi connectivity index (χ1v) is 7.49. The van der Waals surface area contributed by atoms with Crippen molar-refractivity contribution in [2.24, 2.45) is 5.73 Å². The molecule has 0 saturated heterocycles. The molecule has 3 N–H and O–H groups in total. The highest BCUT2D eigenvalue weighted by atomic mass is 32.2. The molecule has 0 aromatic heterocycles. The molecule has 0 heterocycles. The fourth-order valence-corrected chi connectivity index (χ4v) is 2.90. The molecule has 20 heavy (non-hydrogen) atoms. The second-order valence-electron chi connectivity index (χ2n) is 4.39. The van der Waals surface area contributed by atoms with E-state index in [2.05, 4.69) is 4.72 Å². The number of sulfonamides is 1. The van der Waals surface area contributed by atoms with Gasteiger partial charge in [-0.25, -0.2) is 12.8 Å². The third kappa shape index (κ3) is 2.97. The summed E-state index contributed by atoms with van der Waals surface area (Å²) in [7, 11) is -3.81. The molecule has 0 atom stereocenters. The summed E-state index contributed by atoms with van der Waals surface area (Å²) in [6.07, 6.45) is 0. The van der Waals surface area contributed by atoms with Gasteiger partial charge in [-0.3, -0.25) is 4.72 Å². The molecular weight excluding hydrogens is 279 g/mol. The molecule has 2 aromatic rings. The topological polar surface area (TPSA) is 72.2 Å². The van der Waals surface area contributed by atoms with Crippen molar-refractivity contribution in [2.45, 2.75) is 18.4 Å². The number of aryl methyl sites for hydroxylation is 1. The van der Waals surface area contributed by atoms with Gasteiger partial charge in [-0.1, -0.05) is 24.3 Å². The fourth-order valence-electron chi connectivity index (χ4n) is 1.76. The Morgan fingerprint density at radius 3 is 2.35 bits per heavy atom. The van der Waals surface area contributed by atoms with E-state index in [0.29, 0.717) is 12.1 Å². The first-order valence-electron chi connectivity index (χ1n) is 6.01. The molecule has 0 aliphatic rings. The Kier molecular flexibility index (Phi) is 4.06. The summed E-state index contributed by atoms with van der Waals surface area (Å²) in [5, 5.41) is 0. The van der Waals surface area contributed by atoms with Crippen LogP contribution in [-0.4, -0.2) is 8.42 Å². The number of halogens is 1. The summed E-state index contributed by atoms with van der Waals surface area (Å²) >= 11 is 0. The van der Waals surface area contributed by atoms with Crippen LogP contribution >= 0.6 is 0 Å². The van der Waals surface area contributed by atoms with Gasteiger partial charge in [0.05, 0.1) is 10.6 Å². The minimum Gasteiger partial charge on any atom is -0.326 e. The highest BCUT2D eigenvalue weighted by molar-refractivity contribution is 7.92. The molecule has 0 saturated carbocycles. The molecule has 2 aromatic carbocycles. The zero-order chi connectivity index (χ0) is 14.8. The molecule has 0 amide bonds. The average molecular weight is 294 g/mol. The Labute approximate surface area is 117 Å². The summed E-state index contributed by atoms with van der Waals surface area (Å²) in [6, 6.07) is 10.5. The number of rotatable bonds is 4. The Bertz CT molecular complexity index is 692. The Morgan fingerprint density at radius 1 is 1.15 bits per heavy atom. The number of benzene rings is 2. The molecule has 2 rings (SSSR count). The van der Waals surface area contributed by atoms with E-state index in [1.807, 2.05) is 0 Å². The van der Waals surface area contributed by atoms with E-state index in [4.69, 9.17) is 5.73 Å². The third-order valence-corrected chi connectivity index (χ3v) is 4.29. The minimum atomic E-state index is -3.81. The lowest BCUT2D eigenvalue weighted by molar-refractivity contribution is 0.598. The van der Waals surface area contributed by atoms with Gasteiger partial charge in [0.2, 0.25) is 0 Å². The van der Waals surface area contributed by atoms with Crippen molar-refractivity contribution in [3.63, 3.8) is 0 Å². The fraction of sp³-hybridized carbons (Fsp3) is 0.143. The van der Waals surface area contributed by atoms with Gasteiger partial charge in [0, 0.05) is 6.54 Å². The van der Waals surface area contributed by atoms with Crippen LogP contribution in [0.4, 0.5) is 10.1 Å². The van der Waals surface area contributed by atoms with Crippen LogP contribution in [0.3, 0.4) is 0 Å². The first-order chi connectivity index (χ1) is 9.44. The van der Waals surface area contributed by atoms with E-state index in [-0.39, 0.29) is 10.6 Å². The average Bonchev–Trinajstić information content (AvgIpc) is 2.43. The summed E-state index contributed by atoms with van der Waals surface area (Å²) in [4.78, 5) is 0.0670. The lowest BCUT2D eigenvalue weighted by Crippen LogP contribution is -2.15. The first kappa shape index (κ1) is 14.5. The highest BCUT2D eigenvalue weighted by Crippen LogP contribution is 2.22. The number of hydrogen-bond donors (Lipinski definition) is 2. The molecule has 4 nitrogen and oxygen atoms in total. The number of hydrogen-bond acceptors (Lipinski definition) is 3. The molecule has 0 bridgehead atoms. The predicted molar refractivity (Wildman–Crippen MR) is 76.3 cm³/mol. The predicted octanol–water partition coefficient (Wildman–Crippen LogP) is 2.39. The van der Waals surface area contributed by atoms with Crippen molar-refractivity contribution >= 4 is 15.7 Å². The van der Waals surface area contributed by atoms with Gasteiger partial charge < -0.3 is 5.73 Å². The van der Waals surface area contributed by atoms with Crippen molar-refractivity contribution in [3.8, 4) is 0 Å². The molecule has 0 unspecified atom stereocenters. The third-order valence-electron chi connectivity index (χ3n) is 2.93. The molecule has 0 aliphatic heterocycles. The normalized spacial score (nSPS) is 11.3. The quantitative estimate of drug-likeness (QED) is 0.909. The van der Waals surface area contributed by atoms with Crippen molar-refractivity contribution in [1.82, 2.24) is 0 Å². The zero-order valence-electron chi connectivity index (χ0n) is 10.9. The molecule has 0 fully saturated rings. The van der Waals surface area contributed by atoms with E-state index < -0.39 is 15.8 Å². The largest absolute Gasteiger partial charge is 0.326 e. The summed E-state index contributed by atoms with van der Waals surface area (Å²) in [5.74, 6) is -0.604. The van der Waals surface area contributed by atoms with Crippen LogP contribution in [0.25, 0.3) is 0 Å². The molecule has 0 spiro atoms. The number of anilines is 1. The number of para-hydroxylation sites is 1. The number of nitrogens with one attached hydrogen (secondary N) is 1. The van der Waals surface area contributed by atoms with Crippen LogP contribution in [0.1, 0.15) is 11.1 Å². The van der Waals surface area contributed by atoms with Crippen LogP contribution in [0.5, 0.6) is 0 Å². The lowest BCUT2D eigenvalue weighted by Gasteiger charge is -2.11. The lowest BCUT2D eigenvalue weighted by atomic mass is 10.2. The van der Waals surface area contributed by atoms with Crippen LogP contribution in [-0.2, 0) is 16.6 Å². The molecule has 0 radical (unpaired) electrons. The molecular formula is C14H15FN2O2S. The molecule has 0 aliphatic carbocycles.